The fourth-order valence-electron chi connectivity index (χ4n) is 1.96. The molecule has 96 valence electrons. The van der Waals surface area contributed by atoms with Gasteiger partial charge in [-0.25, -0.2) is 0 Å². The molecule has 0 saturated heterocycles. The number of nitrogens with zero attached hydrogens (tertiary/aromatic N) is 1. The lowest BCUT2D eigenvalue weighted by molar-refractivity contribution is 0.321. The van der Waals surface area contributed by atoms with Gasteiger partial charge in [0.25, 0.3) is 0 Å². The van der Waals surface area contributed by atoms with Crippen LogP contribution in [0.3, 0.4) is 0 Å². The average Bonchev–Trinajstić information content (AvgIpc) is 2.75. The van der Waals surface area contributed by atoms with Gasteiger partial charge < -0.3 is 5.73 Å². The van der Waals surface area contributed by atoms with Gasteiger partial charge in [-0.15, -0.1) is 11.3 Å². The summed E-state index contributed by atoms with van der Waals surface area (Å²) >= 11 is 7.57. The summed E-state index contributed by atoms with van der Waals surface area (Å²) in [4.78, 5) is 3.56. The van der Waals surface area contributed by atoms with Crippen molar-refractivity contribution in [2.24, 2.45) is 5.73 Å². The van der Waals surface area contributed by atoms with Gasteiger partial charge in [0.15, 0.2) is 0 Å². The van der Waals surface area contributed by atoms with Gasteiger partial charge in [-0.1, -0.05) is 35.9 Å². The Labute approximate surface area is 117 Å². The first-order valence-corrected chi connectivity index (χ1v) is 7.08. The third-order valence-corrected chi connectivity index (χ3v) is 4.05. The van der Waals surface area contributed by atoms with Crippen molar-refractivity contribution in [1.82, 2.24) is 4.90 Å². The zero-order valence-corrected chi connectivity index (χ0v) is 12.0. The smallest absolute Gasteiger partial charge is 0.0931 e. The molecule has 0 amide bonds. The Bertz CT molecular complexity index is 510. The Kier molecular flexibility index (Phi) is 4.78. The second kappa shape index (κ2) is 6.34. The van der Waals surface area contributed by atoms with Gasteiger partial charge in [0, 0.05) is 24.5 Å². The van der Waals surface area contributed by atoms with Crippen molar-refractivity contribution in [1.29, 1.82) is 0 Å². The second-order valence-corrected chi connectivity index (χ2v) is 6.15. The van der Waals surface area contributed by atoms with Gasteiger partial charge in [-0.2, -0.15) is 0 Å². The third kappa shape index (κ3) is 3.56. The number of thiophene rings is 1. The highest BCUT2D eigenvalue weighted by molar-refractivity contribution is 7.16. The van der Waals surface area contributed by atoms with Crippen LogP contribution in [0.2, 0.25) is 4.34 Å². The Morgan fingerprint density at radius 1 is 1.11 bits per heavy atom. The predicted molar refractivity (Wildman–Crippen MR) is 78.8 cm³/mol. The first-order chi connectivity index (χ1) is 8.69. The second-order valence-electron chi connectivity index (χ2n) is 4.35. The minimum absolute atomic E-state index is 0.592. The highest BCUT2D eigenvalue weighted by Crippen LogP contribution is 2.23. The highest BCUT2D eigenvalue weighted by Gasteiger charge is 2.06. The number of hydrogen-bond acceptors (Lipinski definition) is 3. The van der Waals surface area contributed by atoms with E-state index in [1.54, 1.807) is 11.3 Å². The van der Waals surface area contributed by atoms with E-state index >= 15 is 0 Å². The van der Waals surface area contributed by atoms with Crippen molar-refractivity contribution in [2.75, 3.05) is 7.05 Å². The van der Waals surface area contributed by atoms with E-state index in [4.69, 9.17) is 17.3 Å². The summed E-state index contributed by atoms with van der Waals surface area (Å²) < 4.78 is 0.848. The van der Waals surface area contributed by atoms with Crippen LogP contribution in [0.5, 0.6) is 0 Å². The minimum Gasteiger partial charge on any atom is -0.326 e. The van der Waals surface area contributed by atoms with E-state index in [9.17, 15) is 0 Å². The van der Waals surface area contributed by atoms with E-state index < -0.39 is 0 Å². The van der Waals surface area contributed by atoms with Gasteiger partial charge in [-0.3, -0.25) is 4.90 Å². The molecule has 0 spiro atoms. The fraction of sp³-hybridized carbons (Fsp3) is 0.286. The van der Waals surface area contributed by atoms with Gasteiger partial charge in [-0.05, 0) is 30.3 Å². The van der Waals surface area contributed by atoms with E-state index in [0.29, 0.717) is 6.54 Å². The van der Waals surface area contributed by atoms with E-state index in [1.165, 1.54) is 16.0 Å². The molecule has 0 bridgehead atoms. The molecule has 2 aromatic rings. The van der Waals surface area contributed by atoms with Crippen LogP contribution >= 0.6 is 22.9 Å². The molecule has 0 atom stereocenters. The lowest BCUT2D eigenvalue weighted by Crippen LogP contribution is -2.18. The highest BCUT2D eigenvalue weighted by atomic mass is 35.5. The van der Waals surface area contributed by atoms with Crippen molar-refractivity contribution < 1.29 is 0 Å². The van der Waals surface area contributed by atoms with E-state index in [0.717, 1.165) is 17.4 Å². The summed E-state index contributed by atoms with van der Waals surface area (Å²) in [6.45, 7) is 2.41. The van der Waals surface area contributed by atoms with Crippen LogP contribution in [0.15, 0.2) is 36.4 Å². The number of hydrogen-bond donors (Lipinski definition) is 1. The molecule has 2 nitrogen and oxygen atoms in total. The Morgan fingerprint density at radius 3 is 2.44 bits per heavy atom. The maximum Gasteiger partial charge on any atom is 0.0931 e. The van der Waals surface area contributed by atoms with Crippen molar-refractivity contribution in [3.8, 4) is 0 Å². The first kappa shape index (κ1) is 13.6. The van der Waals surface area contributed by atoms with Crippen molar-refractivity contribution in [3.63, 3.8) is 0 Å². The zero-order chi connectivity index (χ0) is 13.0. The topological polar surface area (TPSA) is 29.3 Å². The van der Waals surface area contributed by atoms with Gasteiger partial charge in [0.05, 0.1) is 4.34 Å². The molecular formula is C14H17ClN2S. The summed E-state index contributed by atoms with van der Waals surface area (Å²) in [5.41, 5.74) is 8.26. The zero-order valence-electron chi connectivity index (χ0n) is 10.4. The maximum atomic E-state index is 5.94. The Hall–Kier alpha value is -0.870. The number of halogens is 1. The number of nitrogens with two attached hydrogens (primary N) is 1. The SMILES string of the molecule is CN(Cc1ccc(Cl)s1)Cc1ccccc1CN. The van der Waals surface area contributed by atoms with Crippen LogP contribution in [0.4, 0.5) is 0 Å². The molecule has 2 rings (SSSR count). The molecule has 0 unspecified atom stereocenters. The van der Waals surface area contributed by atoms with Crippen molar-refractivity contribution in [2.45, 2.75) is 19.6 Å². The largest absolute Gasteiger partial charge is 0.326 e. The molecule has 1 aromatic carbocycles. The summed E-state index contributed by atoms with van der Waals surface area (Å²) in [7, 11) is 2.11. The van der Waals surface area contributed by atoms with Crippen LogP contribution in [0.25, 0.3) is 0 Å². The average molecular weight is 281 g/mol. The van der Waals surface area contributed by atoms with Crippen molar-refractivity contribution in [3.05, 3.63) is 56.7 Å². The normalized spacial score (nSPS) is 11.1. The molecule has 18 heavy (non-hydrogen) atoms. The van der Waals surface area contributed by atoms with Crippen LogP contribution in [-0.2, 0) is 19.6 Å². The summed E-state index contributed by atoms with van der Waals surface area (Å²) in [5, 5.41) is 0. The number of benzene rings is 1. The van der Waals surface area contributed by atoms with Gasteiger partial charge in [0.2, 0.25) is 0 Å². The lowest BCUT2D eigenvalue weighted by Gasteiger charge is -2.17. The Morgan fingerprint density at radius 2 is 1.83 bits per heavy atom. The van der Waals surface area contributed by atoms with Crippen molar-refractivity contribution >= 4 is 22.9 Å². The fourth-order valence-corrected chi connectivity index (χ4v) is 3.13. The molecule has 0 saturated carbocycles. The summed E-state index contributed by atoms with van der Waals surface area (Å²) in [6.07, 6.45) is 0. The predicted octanol–water partition coefficient (Wildman–Crippen LogP) is 3.49. The molecule has 4 heteroatoms. The van der Waals surface area contributed by atoms with Crippen LogP contribution < -0.4 is 5.73 Å². The molecule has 0 aliphatic carbocycles. The van der Waals surface area contributed by atoms with E-state index in [1.807, 2.05) is 12.1 Å². The van der Waals surface area contributed by atoms with Crippen LogP contribution in [0, 0.1) is 0 Å². The molecule has 0 aliphatic rings. The molecular weight excluding hydrogens is 264 g/mol. The van der Waals surface area contributed by atoms with E-state index in [-0.39, 0.29) is 0 Å². The molecule has 1 aromatic heterocycles. The maximum absolute atomic E-state index is 5.94. The molecule has 0 radical (unpaired) electrons. The first-order valence-electron chi connectivity index (χ1n) is 5.88. The molecule has 1 heterocycles. The standard InChI is InChI=1S/C14H17ClN2S/c1-17(10-13-6-7-14(15)18-13)9-12-5-3-2-4-11(12)8-16/h2-7H,8-10,16H2,1H3. The molecule has 0 aliphatic heterocycles. The Balaban J connectivity index is 2.00. The number of rotatable bonds is 5. The summed E-state index contributed by atoms with van der Waals surface area (Å²) in [6, 6.07) is 12.3. The third-order valence-electron chi connectivity index (χ3n) is 2.83. The molecule has 0 fully saturated rings. The summed E-state index contributed by atoms with van der Waals surface area (Å²) in [5.74, 6) is 0. The van der Waals surface area contributed by atoms with Gasteiger partial charge in [0.1, 0.15) is 0 Å². The van der Waals surface area contributed by atoms with Crippen LogP contribution in [0.1, 0.15) is 16.0 Å². The minimum atomic E-state index is 0.592. The monoisotopic (exact) mass is 280 g/mol. The quantitative estimate of drug-likeness (QED) is 0.908. The van der Waals surface area contributed by atoms with Gasteiger partial charge >= 0.3 is 0 Å². The van der Waals surface area contributed by atoms with E-state index in [2.05, 4.69) is 36.2 Å². The lowest BCUT2D eigenvalue weighted by atomic mass is 10.1. The van der Waals surface area contributed by atoms with Crippen LogP contribution in [-0.4, -0.2) is 11.9 Å². The molecule has 2 N–H and O–H groups in total.